The zero-order valence-electron chi connectivity index (χ0n) is 13.8. The molecular formula is C17H21N3O3. The monoisotopic (exact) mass is 315 g/mol. The molecule has 0 aliphatic heterocycles. The Morgan fingerprint density at radius 1 is 1.26 bits per heavy atom. The summed E-state index contributed by atoms with van der Waals surface area (Å²) in [5, 5.41) is 13.1. The second kappa shape index (κ2) is 6.64. The van der Waals surface area contributed by atoms with Crippen molar-refractivity contribution in [1.29, 1.82) is 0 Å². The molecule has 2 rings (SSSR count). The molecule has 1 aromatic heterocycles. The summed E-state index contributed by atoms with van der Waals surface area (Å²) in [6.45, 7) is 6.01. The van der Waals surface area contributed by atoms with E-state index < -0.39 is 5.97 Å². The lowest BCUT2D eigenvalue weighted by Gasteiger charge is -2.16. The standard InChI is InChI=1S/C17H21N3O3/c1-11-5-6-12(2)15(9-11)20-13(3)14(10-18-20)17(23)19(4)8-7-16(21)22/h5-6,9-10H,7-8H2,1-4H3,(H,21,22). The molecule has 0 saturated carbocycles. The molecule has 1 aromatic carbocycles. The van der Waals surface area contributed by atoms with E-state index in [2.05, 4.69) is 5.10 Å². The van der Waals surface area contributed by atoms with Gasteiger partial charge in [-0.15, -0.1) is 0 Å². The summed E-state index contributed by atoms with van der Waals surface area (Å²) in [6, 6.07) is 6.08. The van der Waals surface area contributed by atoms with Gasteiger partial charge in [-0.05, 0) is 38.0 Å². The molecule has 1 amide bonds. The second-order valence-electron chi connectivity index (χ2n) is 5.72. The van der Waals surface area contributed by atoms with Crippen molar-refractivity contribution in [1.82, 2.24) is 14.7 Å². The number of hydrogen-bond acceptors (Lipinski definition) is 3. The number of aromatic nitrogens is 2. The molecule has 0 aliphatic rings. The third-order valence-electron chi connectivity index (χ3n) is 3.84. The Balaban J connectivity index is 2.30. The average Bonchev–Trinajstić information content (AvgIpc) is 2.88. The highest BCUT2D eigenvalue weighted by Crippen LogP contribution is 2.20. The maximum absolute atomic E-state index is 12.5. The van der Waals surface area contributed by atoms with Crippen LogP contribution >= 0.6 is 0 Å². The number of carboxylic acids is 1. The van der Waals surface area contributed by atoms with Gasteiger partial charge in [0.2, 0.25) is 0 Å². The van der Waals surface area contributed by atoms with E-state index in [9.17, 15) is 9.59 Å². The Kier molecular flexibility index (Phi) is 4.83. The van der Waals surface area contributed by atoms with Crippen LogP contribution in [0.1, 0.15) is 33.6 Å². The molecule has 122 valence electrons. The first kappa shape index (κ1) is 16.7. The zero-order valence-corrected chi connectivity index (χ0v) is 13.8. The third-order valence-corrected chi connectivity index (χ3v) is 3.84. The molecule has 1 N–H and O–H groups in total. The SMILES string of the molecule is Cc1ccc(C)c(-n2ncc(C(=O)N(C)CCC(=O)O)c2C)c1. The van der Waals surface area contributed by atoms with E-state index in [-0.39, 0.29) is 18.9 Å². The number of aliphatic carboxylic acids is 1. The largest absolute Gasteiger partial charge is 0.481 e. The van der Waals surface area contributed by atoms with Gasteiger partial charge in [0.05, 0.1) is 29.6 Å². The highest BCUT2D eigenvalue weighted by atomic mass is 16.4. The Labute approximate surface area is 135 Å². The van der Waals surface area contributed by atoms with Gasteiger partial charge in [-0.25, -0.2) is 4.68 Å². The molecule has 2 aromatic rings. The number of carbonyl (C=O) groups is 2. The molecule has 0 saturated heterocycles. The third kappa shape index (κ3) is 3.59. The smallest absolute Gasteiger partial charge is 0.305 e. The van der Waals surface area contributed by atoms with E-state index in [1.54, 1.807) is 11.7 Å². The predicted molar refractivity (Wildman–Crippen MR) is 87.0 cm³/mol. The Morgan fingerprint density at radius 3 is 2.61 bits per heavy atom. The maximum Gasteiger partial charge on any atom is 0.305 e. The van der Waals surface area contributed by atoms with Gasteiger partial charge in [-0.2, -0.15) is 5.10 Å². The van der Waals surface area contributed by atoms with Crippen LogP contribution in [0.25, 0.3) is 5.69 Å². The lowest BCUT2D eigenvalue weighted by molar-refractivity contribution is -0.137. The molecular weight excluding hydrogens is 294 g/mol. The first-order chi connectivity index (χ1) is 10.8. The fraction of sp³-hybridized carbons (Fsp3) is 0.353. The van der Waals surface area contributed by atoms with Crippen molar-refractivity contribution in [3.63, 3.8) is 0 Å². The van der Waals surface area contributed by atoms with Gasteiger partial charge < -0.3 is 10.0 Å². The summed E-state index contributed by atoms with van der Waals surface area (Å²) in [4.78, 5) is 24.5. The van der Waals surface area contributed by atoms with Gasteiger partial charge in [-0.3, -0.25) is 9.59 Å². The van der Waals surface area contributed by atoms with E-state index in [1.807, 2.05) is 39.0 Å². The van der Waals surface area contributed by atoms with Gasteiger partial charge in [-0.1, -0.05) is 12.1 Å². The first-order valence-corrected chi connectivity index (χ1v) is 7.40. The number of aryl methyl sites for hydroxylation is 2. The summed E-state index contributed by atoms with van der Waals surface area (Å²) < 4.78 is 1.75. The quantitative estimate of drug-likeness (QED) is 0.919. The lowest BCUT2D eigenvalue weighted by Crippen LogP contribution is -2.29. The average molecular weight is 315 g/mol. The minimum Gasteiger partial charge on any atom is -0.481 e. The van der Waals surface area contributed by atoms with Gasteiger partial charge in [0, 0.05) is 13.6 Å². The zero-order chi connectivity index (χ0) is 17.1. The Morgan fingerprint density at radius 2 is 1.96 bits per heavy atom. The van der Waals surface area contributed by atoms with Crippen molar-refractivity contribution in [3.05, 3.63) is 46.8 Å². The number of nitrogens with zero attached hydrogens (tertiary/aromatic N) is 3. The number of hydrogen-bond donors (Lipinski definition) is 1. The number of carboxylic acid groups (broad SMARTS) is 1. The maximum atomic E-state index is 12.5. The number of rotatable bonds is 5. The Hall–Kier alpha value is -2.63. The van der Waals surface area contributed by atoms with Gasteiger partial charge >= 0.3 is 5.97 Å². The molecule has 0 aliphatic carbocycles. The fourth-order valence-electron chi connectivity index (χ4n) is 2.38. The van der Waals surface area contributed by atoms with Crippen LogP contribution in [-0.4, -0.2) is 45.3 Å². The van der Waals surface area contributed by atoms with Crippen molar-refractivity contribution in [2.75, 3.05) is 13.6 Å². The summed E-state index contributed by atoms with van der Waals surface area (Å²) in [7, 11) is 1.60. The van der Waals surface area contributed by atoms with Crippen molar-refractivity contribution in [3.8, 4) is 5.69 Å². The normalized spacial score (nSPS) is 10.6. The molecule has 0 radical (unpaired) electrons. The topological polar surface area (TPSA) is 75.4 Å². The van der Waals surface area contributed by atoms with Crippen LogP contribution < -0.4 is 0 Å². The van der Waals surface area contributed by atoms with Crippen LogP contribution in [0.4, 0.5) is 0 Å². The highest BCUT2D eigenvalue weighted by molar-refractivity contribution is 5.95. The summed E-state index contributed by atoms with van der Waals surface area (Å²) in [5.41, 5.74) is 4.35. The predicted octanol–water partition coefficient (Wildman–Crippen LogP) is 2.34. The summed E-state index contributed by atoms with van der Waals surface area (Å²) in [6.07, 6.45) is 1.46. The van der Waals surface area contributed by atoms with Crippen molar-refractivity contribution < 1.29 is 14.7 Å². The molecule has 1 heterocycles. The molecule has 6 nitrogen and oxygen atoms in total. The van der Waals surface area contributed by atoms with Crippen molar-refractivity contribution >= 4 is 11.9 Å². The van der Waals surface area contributed by atoms with Gasteiger partial charge in [0.15, 0.2) is 0 Å². The van der Waals surface area contributed by atoms with Crippen LogP contribution in [0.5, 0.6) is 0 Å². The van der Waals surface area contributed by atoms with E-state index in [4.69, 9.17) is 5.11 Å². The minimum absolute atomic E-state index is 0.0770. The molecule has 23 heavy (non-hydrogen) atoms. The highest BCUT2D eigenvalue weighted by Gasteiger charge is 2.19. The number of amides is 1. The molecule has 0 atom stereocenters. The number of benzene rings is 1. The van der Waals surface area contributed by atoms with E-state index in [0.717, 1.165) is 22.5 Å². The van der Waals surface area contributed by atoms with Crippen LogP contribution in [-0.2, 0) is 4.79 Å². The molecule has 0 unspecified atom stereocenters. The van der Waals surface area contributed by atoms with Crippen LogP contribution in [0, 0.1) is 20.8 Å². The second-order valence-corrected chi connectivity index (χ2v) is 5.72. The van der Waals surface area contributed by atoms with Crippen LogP contribution in [0.3, 0.4) is 0 Å². The number of carbonyl (C=O) groups excluding carboxylic acids is 1. The molecule has 0 bridgehead atoms. The minimum atomic E-state index is -0.924. The molecule has 0 fully saturated rings. The van der Waals surface area contributed by atoms with Crippen molar-refractivity contribution in [2.45, 2.75) is 27.2 Å². The Bertz CT molecular complexity index is 750. The van der Waals surface area contributed by atoms with E-state index >= 15 is 0 Å². The van der Waals surface area contributed by atoms with Gasteiger partial charge in [0.1, 0.15) is 0 Å². The van der Waals surface area contributed by atoms with Crippen LogP contribution in [0.15, 0.2) is 24.4 Å². The van der Waals surface area contributed by atoms with Crippen LogP contribution in [0.2, 0.25) is 0 Å². The fourth-order valence-corrected chi connectivity index (χ4v) is 2.38. The molecule has 6 heteroatoms. The van der Waals surface area contributed by atoms with Gasteiger partial charge in [0.25, 0.3) is 5.91 Å². The summed E-state index contributed by atoms with van der Waals surface area (Å²) >= 11 is 0. The lowest BCUT2D eigenvalue weighted by atomic mass is 10.1. The molecule has 0 spiro atoms. The van der Waals surface area contributed by atoms with Crippen molar-refractivity contribution in [2.24, 2.45) is 0 Å². The first-order valence-electron chi connectivity index (χ1n) is 7.40. The summed E-state index contributed by atoms with van der Waals surface area (Å²) in [5.74, 6) is -1.15. The van der Waals surface area contributed by atoms with E-state index in [0.29, 0.717) is 5.56 Å². The van der Waals surface area contributed by atoms with E-state index in [1.165, 1.54) is 11.1 Å².